The van der Waals surface area contributed by atoms with E-state index in [4.69, 9.17) is 0 Å². The minimum Gasteiger partial charge on any atom is -0.239 e. The van der Waals surface area contributed by atoms with Gasteiger partial charge in [-0.3, -0.25) is 0 Å². The Bertz CT molecular complexity index is 386. The fourth-order valence-electron chi connectivity index (χ4n) is 1.39. The third-order valence-electron chi connectivity index (χ3n) is 2.08. The number of halogens is 1. The smallest absolute Gasteiger partial charge is 0.131 e. The van der Waals surface area contributed by atoms with Crippen LogP contribution in [0.3, 0.4) is 0 Å². The highest BCUT2D eigenvalue weighted by molar-refractivity contribution is 5.45. The average Bonchev–Trinajstić information content (AvgIpc) is 2.07. The number of hydrogen-bond donors (Lipinski definition) is 0. The Balaban J connectivity index is 3.35. The number of benzene rings is 1. The van der Waals surface area contributed by atoms with Gasteiger partial charge in [-0.1, -0.05) is 23.6 Å². The molecule has 0 aliphatic carbocycles. The summed E-state index contributed by atoms with van der Waals surface area (Å²) in [5, 5.41) is 0. The molecular formula is C13H15F. The predicted octanol–water partition coefficient (Wildman–Crippen LogP) is 3.57. The lowest BCUT2D eigenvalue weighted by atomic mass is 9.93. The monoisotopic (exact) mass is 190 g/mol. The van der Waals surface area contributed by atoms with Gasteiger partial charge < -0.3 is 0 Å². The quantitative estimate of drug-likeness (QED) is 0.594. The Kier molecular flexibility index (Phi) is 2.96. The van der Waals surface area contributed by atoms with Gasteiger partial charge in [0, 0.05) is 11.1 Å². The van der Waals surface area contributed by atoms with Crippen LogP contribution in [0.4, 0.5) is 4.39 Å². The molecule has 0 saturated carbocycles. The first-order chi connectivity index (χ1) is 6.45. The molecule has 14 heavy (non-hydrogen) atoms. The molecule has 0 fully saturated rings. The summed E-state index contributed by atoms with van der Waals surface area (Å²) in [5.41, 5.74) is 1.19. The molecule has 0 aromatic heterocycles. The van der Waals surface area contributed by atoms with Crippen LogP contribution >= 0.6 is 0 Å². The summed E-state index contributed by atoms with van der Waals surface area (Å²) in [6, 6.07) is 5.69. The Morgan fingerprint density at radius 3 is 2.43 bits per heavy atom. The largest absolute Gasteiger partial charge is 0.239 e. The summed E-state index contributed by atoms with van der Waals surface area (Å²) in [6.07, 6.45) is 0. The molecule has 1 aromatic rings. The molecule has 0 unspecified atom stereocenters. The molecule has 0 atom stereocenters. The van der Waals surface area contributed by atoms with Gasteiger partial charge in [-0.25, -0.2) is 4.39 Å². The van der Waals surface area contributed by atoms with Crippen LogP contribution in [0.5, 0.6) is 0 Å². The minimum absolute atomic E-state index is 0.673. The average molecular weight is 190 g/mol. The standard InChI is InChI=1S/C13H15F/c1-5-6-11-8-7-10(2)9-12(11)13(3,4)14/h7-9H,1-4H3. The molecule has 74 valence electrons. The van der Waals surface area contributed by atoms with Crippen LogP contribution in [0, 0.1) is 18.8 Å². The molecule has 1 heteroatoms. The van der Waals surface area contributed by atoms with Gasteiger partial charge in [-0.15, -0.1) is 5.92 Å². The van der Waals surface area contributed by atoms with Gasteiger partial charge in [0.15, 0.2) is 0 Å². The topological polar surface area (TPSA) is 0 Å². The lowest BCUT2D eigenvalue weighted by Gasteiger charge is -2.17. The van der Waals surface area contributed by atoms with Crippen molar-refractivity contribution in [3.63, 3.8) is 0 Å². The van der Waals surface area contributed by atoms with E-state index >= 15 is 0 Å². The van der Waals surface area contributed by atoms with Gasteiger partial charge >= 0.3 is 0 Å². The summed E-state index contributed by atoms with van der Waals surface area (Å²) in [5.74, 6) is 5.72. The first kappa shape index (κ1) is 10.8. The summed E-state index contributed by atoms with van der Waals surface area (Å²) >= 11 is 0. The third kappa shape index (κ3) is 2.35. The Labute approximate surface area is 85.2 Å². The van der Waals surface area contributed by atoms with Crippen molar-refractivity contribution >= 4 is 0 Å². The molecule has 0 aliphatic rings. The third-order valence-corrected chi connectivity index (χ3v) is 2.08. The Morgan fingerprint density at radius 1 is 1.29 bits per heavy atom. The summed E-state index contributed by atoms with van der Waals surface area (Å²) < 4.78 is 13.8. The molecule has 0 saturated heterocycles. The predicted molar refractivity (Wildman–Crippen MR) is 57.9 cm³/mol. The number of aryl methyl sites for hydroxylation is 1. The molecule has 0 bridgehead atoms. The highest BCUT2D eigenvalue weighted by Gasteiger charge is 2.21. The van der Waals surface area contributed by atoms with E-state index in [-0.39, 0.29) is 0 Å². The van der Waals surface area contributed by atoms with Gasteiger partial charge in [-0.2, -0.15) is 0 Å². The van der Waals surface area contributed by atoms with Gasteiger partial charge in [0.1, 0.15) is 5.67 Å². The second-order valence-corrected chi connectivity index (χ2v) is 3.90. The van der Waals surface area contributed by atoms with Crippen LogP contribution in [0.15, 0.2) is 18.2 Å². The van der Waals surface area contributed by atoms with Crippen molar-refractivity contribution in [2.24, 2.45) is 0 Å². The van der Waals surface area contributed by atoms with Crippen LogP contribution in [0.1, 0.15) is 37.5 Å². The zero-order valence-corrected chi connectivity index (χ0v) is 9.11. The Morgan fingerprint density at radius 2 is 1.93 bits per heavy atom. The SMILES string of the molecule is CC#Cc1ccc(C)cc1C(C)(C)F. The maximum absolute atomic E-state index is 13.8. The van der Waals surface area contributed by atoms with Crippen molar-refractivity contribution in [3.05, 3.63) is 34.9 Å². The van der Waals surface area contributed by atoms with E-state index in [0.29, 0.717) is 5.56 Å². The number of alkyl halides is 1. The second kappa shape index (κ2) is 3.84. The summed E-state index contributed by atoms with van der Waals surface area (Å²) in [6.45, 7) is 6.83. The van der Waals surface area contributed by atoms with Crippen molar-refractivity contribution < 1.29 is 4.39 Å². The highest BCUT2D eigenvalue weighted by Crippen LogP contribution is 2.28. The molecule has 0 amide bonds. The first-order valence-electron chi connectivity index (χ1n) is 4.68. The van der Waals surface area contributed by atoms with Crippen molar-refractivity contribution in [3.8, 4) is 11.8 Å². The highest BCUT2D eigenvalue weighted by atomic mass is 19.1. The fourth-order valence-corrected chi connectivity index (χ4v) is 1.39. The van der Waals surface area contributed by atoms with Gasteiger partial charge in [0.2, 0.25) is 0 Å². The van der Waals surface area contributed by atoms with E-state index in [1.165, 1.54) is 0 Å². The summed E-state index contributed by atoms with van der Waals surface area (Å²) in [4.78, 5) is 0. The van der Waals surface area contributed by atoms with Crippen molar-refractivity contribution in [2.45, 2.75) is 33.4 Å². The maximum Gasteiger partial charge on any atom is 0.131 e. The zero-order chi connectivity index (χ0) is 10.8. The van der Waals surface area contributed by atoms with Crippen LogP contribution in [0.2, 0.25) is 0 Å². The van der Waals surface area contributed by atoms with Crippen LogP contribution < -0.4 is 0 Å². The van der Waals surface area contributed by atoms with E-state index in [1.54, 1.807) is 20.8 Å². The van der Waals surface area contributed by atoms with Crippen LogP contribution in [-0.4, -0.2) is 0 Å². The van der Waals surface area contributed by atoms with E-state index in [9.17, 15) is 4.39 Å². The summed E-state index contributed by atoms with van der Waals surface area (Å²) in [7, 11) is 0. The fraction of sp³-hybridized carbons (Fsp3) is 0.385. The number of hydrogen-bond acceptors (Lipinski definition) is 0. The molecule has 0 spiro atoms. The molecule has 0 heterocycles. The van der Waals surface area contributed by atoms with Gasteiger partial charge in [0.25, 0.3) is 0 Å². The zero-order valence-electron chi connectivity index (χ0n) is 9.11. The molecule has 1 aromatic carbocycles. The normalized spacial score (nSPS) is 10.6. The van der Waals surface area contributed by atoms with Crippen molar-refractivity contribution in [1.82, 2.24) is 0 Å². The molecule has 0 aliphatic heterocycles. The molecule has 0 N–H and O–H groups in total. The van der Waals surface area contributed by atoms with E-state index in [1.807, 2.05) is 25.1 Å². The van der Waals surface area contributed by atoms with E-state index in [0.717, 1.165) is 11.1 Å². The first-order valence-corrected chi connectivity index (χ1v) is 4.68. The lowest BCUT2D eigenvalue weighted by molar-refractivity contribution is 0.221. The van der Waals surface area contributed by atoms with Crippen molar-refractivity contribution in [2.75, 3.05) is 0 Å². The lowest BCUT2D eigenvalue weighted by Crippen LogP contribution is -2.11. The second-order valence-electron chi connectivity index (χ2n) is 3.90. The van der Waals surface area contributed by atoms with Crippen LogP contribution in [0.25, 0.3) is 0 Å². The van der Waals surface area contributed by atoms with Gasteiger partial charge in [-0.05, 0) is 33.8 Å². The van der Waals surface area contributed by atoms with E-state index in [2.05, 4.69) is 11.8 Å². The molecular weight excluding hydrogens is 175 g/mol. The molecule has 0 nitrogen and oxygen atoms in total. The maximum atomic E-state index is 13.8. The van der Waals surface area contributed by atoms with E-state index < -0.39 is 5.67 Å². The van der Waals surface area contributed by atoms with Crippen molar-refractivity contribution in [1.29, 1.82) is 0 Å². The molecule has 1 rings (SSSR count). The number of rotatable bonds is 1. The minimum atomic E-state index is -1.33. The molecule has 0 radical (unpaired) electrons. The Hall–Kier alpha value is -1.29. The van der Waals surface area contributed by atoms with Crippen LogP contribution in [-0.2, 0) is 5.67 Å². The van der Waals surface area contributed by atoms with Gasteiger partial charge in [0.05, 0.1) is 0 Å².